The van der Waals surface area contributed by atoms with Gasteiger partial charge in [0.15, 0.2) is 17.0 Å². The number of fused-ring (bicyclic) bond motifs is 2. The van der Waals surface area contributed by atoms with Crippen molar-refractivity contribution < 1.29 is 63.1 Å². The summed E-state index contributed by atoms with van der Waals surface area (Å²) in [6, 6.07) is 16.0. The highest BCUT2D eigenvalue weighted by Gasteiger charge is 2.36. The molecule has 6 aromatic rings. The summed E-state index contributed by atoms with van der Waals surface area (Å²) in [4.78, 5) is 48.2. The lowest BCUT2D eigenvalue weighted by molar-refractivity contribution is -0.388. The third-order valence-electron chi connectivity index (χ3n) is 8.15. The van der Waals surface area contributed by atoms with Crippen LogP contribution in [0.15, 0.2) is 105 Å². The van der Waals surface area contributed by atoms with E-state index in [1.807, 2.05) is 0 Å². The Morgan fingerprint density at radius 3 is 1.66 bits per heavy atom. The van der Waals surface area contributed by atoms with Crippen molar-refractivity contribution >= 4 is 115 Å². The molecular formula is C35H22F3N5O12S6. The number of aromatic nitrogens is 2. The number of carboxylic acid groups (broad SMARTS) is 2. The first-order valence-electron chi connectivity index (χ1n) is 16.8. The molecule has 2 N–H and O–H groups in total. The molecular weight excluding hydrogens is 932 g/mol. The average molecular weight is 954 g/mol. The first-order valence-corrected chi connectivity index (χ1v) is 23.2. The maximum absolute atomic E-state index is 12.9. The summed E-state index contributed by atoms with van der Waals surface area (Å²) < 4.78 is 100.0. The van der Waals surface area contributed by atoms with Crippen LogP contribution in [0.3, 0.4) is 0 Å². The molecule has 17 nitrogen and oxygen atoms in total. The summed E-state index contributed by atoms with van der Waals surface area (Å²) in [6.07, 6.45) is -4.91. The van der Waals surface area contributed by atoms with Gasteiger partial charge in [0.2, 0.25) is 0 Å². The largest absolute Gasteiger partial charge is 0.480 e. The number of nitro benzene ring substituents is 1. The molecule has 0 aliphatic carbocycles. The molecule has 2 atom stereocenters. The second-order valence-electron chi connectivity index (χ2n) is 12.3. The Morgan fingerprint density at radius 1 is 0.721 bits per heavy atom. The predicted molar refractivity (Wildman–Crippen MR) is 220 cm³/mol. The molecule has 0 fully saturated rings. The predicted octanol–water partition coefficient (Wildman–Crippen LogP) is 6.95. The molecule has 8 rings (SSSR count). The standard InChI is InChI=1S/C18H10F3N3O7S3.C17H12N2O5S3/c19-18(20,21)8-1-4-14(12(5-8)24(27)28)34(29,30)31-9-2-3-10-13(6-9)33-16(22-10)15-23-11(7-32-15)17(25)26;20-17(21)13-9-25-15(19-13)16-18-12-7-6-10(8-14(12)26-16)24-27(22,23)11-4-2-1-3-5-11/h1-6,11H,7H2,(H,25,26);1-8,13H,9H2,(H,20,21)/t11-;13-/m11/s1. The number of thiazole rings is 2. The smallest absolute Gasteiger partial charge is 0.416 e. The maximum Gasteiger partial charge on any atom is 0.416 e. The second-order valence-corrected chi connectivity index (χ2v) is 19.5. The van der Waals surface area contributed by atoms with Gasteiger partial charge in [0.25, 0.3) is 5.69 Å². The minimum absolute atomic E-state index is 0.0755. The van der Waals surface area contributed by atoms with Gasteiger partial charge in [-0.25, -0.2) is 19.6 Å². The number of aliphatic imine (C=N–C) groups is 2. The molecule has 316 valence electrons. The molecule has 4 aromatic carbocycles. The number of thioether (sulfide) groups is 2. The zero-order valence-electron chi connectivity index (χ0n) is 29.9. The third-order valence-corrected chi connectivity index (χ3v) is 15.1. The SMILES string of the molecule is O=C(O)[C@H]1CSC(c2nc3ccc(OS(=O)(=O)c4ccc(C(F)(F)F)cc4[N+](=O)[O-])cc3s2)=N1.O=C(O)[C@H]1CSC(c2nc3ccc(OS(=O)(=O)c4ccccc4)cc3s2)=N1. The van der Waals surface area contributed by atoms with Crippen molar-refractivity contribution in [3.05, 3.63) is 111 Å². The molecule has 0 amide bonds. The number of halogens is 3. The minimum atomic E-state index is -4.91. The zero-order valence-corrected chi connectivity index (χ0v) is 34.8. The van der Waals surface area contributed by atoms with Crippen molar-refractivity contribution in [2.45, 2.75) is 28.1 Å². The van der Waals surface area contributed by atoms with Gasteiger partial charge in [-0.15, -0.1) is 46.2 Å². The number of hydrogen-bond donors (Lipinski definition) is 2. The van der Waals surface area contributed by atoms with Crippen LogP contribution in [-0.2, 0) is 36.0 Å². The number of rotatable bonds is 11. The number of nitro groups is 1. The van der Waals surface area contributed by atoms with E-state index in [1.54, 1.807) is 30.3 Å². The van der Waals surface area contributed by atoms with Gasteiger partial charge in [-0.05, 0) is 48.5 Å². The highest BCUT2D eigenvalue weighted by atomic mass is 32.2. The van der Waals surface area contributed by atoms with Crippen molar-refractivity contribution in [3.8, 4) is 11.5 Å². The van der Waals surface area contributed by atoms with Gasteiger partial charge in [-0.2, -0.15) is 30.0 Å². The average Bonchev–Trinajstić information content (AvgIpc) is 4.03. The summed E-state index contributed by atoms with van der Waals surface area (Å²) in [6.45, 7) is 0. The molecule has 4 heterocycles. The Labute approximate surface area is 357 Å². The van der Waals surface area contributed by atoms with Crippen LogP contribution < -0.4 is 8.37 Å². The van der Waals surface area contributed by atoms with Crippen molar-refractivity contribution in [2.75, 3.05) is 11.5 Å². The summed E-state index contributed by atoms with van der Waals surface area (Å²) in [7, 11) is -8.78. The Kier molecular flexibility index (Phi) is 12.1. The Balaban J connectivity index is 0.000000189. The van der Waals surface area contributed by atoms with E-state index in [0.29, 0.717) is 53.7 Å². The lowest BCUT2D eigenvalue weighted by Crippen LogP contribution is -2.17. The molecule has 0 unspecified atom stereocenters. The van der Waals surface area contributed by atoms with Gasteiger partial charge in [-0.1, -0.05) is 18.2 Å². The van der Waals surface area contributed by atoms with Crippen molar-refractivity contribution in [1.82, 2.24) is 9.97 Å². The fourth-order valence-corrected chi connectivity index (χ4v) is 11.5. The van der Waals surface area contributed by atoms with Crippen LogP contribution in [0.4, 0.5) is 18.9 Å². The first-order chi connectivity index (χ1) is 28.8. The number of alkyl halides is 3. The van der Waals surface area contributed by atoms with Crippen LogP contribution in [0, 0.1) is 10.1 Å². The van der Waals surface area contributed by atoms with E-state index in [1.165, 1.54) is 71.3 Å². The topological polar surface area (TPSA) is 255 Å². The number of aliphatic carboxylic acids is 2. The van der Waals surface area contributed by atoms with Crippen LogP contribution in [0.1, 0.15) is 15.6 Å². The van der Waals surface area contributed by atoms with E-state index in [0.717, 1.165) is 16.0 Å². The quantitative estimate of drug-likeness (QED) is 0.0757. The van der Waals surface area contributed by atoms with Crippen LogP contribution in [0.2, 0.25) is 0 Å². The van der Waals surface area contributed by atoms with Gasteiger partial charge < -0.3 is 18.6 Å². The van der Waals surface area contributed by atoms with Crippen LogP contribution in [0.25, 0.3) is 20.4 Å². The molecule has 0 saturated carbocycles. The highest BCUT2D eigenvalue weighted by molar-refractivity contribution is 8.15. The van der Waals surface area contributed by atoms with E-state index in [9.17, 15) is 49.7 Å². The number of hydrogen-bond acceptors (Lipinski definition) is 18. The molecule has 2 aliphatic heterocycles. The Hall–Kier alpha value is -5.67. The molecule has 0 spiro atoms. The Bertz CT molecular complexity index is 3030. The molecule has 26 heteroatoms. The van der Waals surface area contributed by atoms with Crippen LogP contribution in [-0.4, -0.2) is 87.6 Å². The maximum atomic E-state index is 12.9. The van der Waals surface area contributed by atoms with Crippen molar-refractivity contribution in [3.63, 3.8) is 0 Å². The van der Waals surface area contributed by atoms with Crippen LogP contribution >= 0.6 is 46.2 Å². The monoisotopic (exact) mass is 953 g/mol. The molecule has 2 aromatic heterocycles. The third kappa shape index (κ3) is 9.78. The molecule has 2 aliphatic rings. The summed E-state index contributed by atoms with van der Waals surface area (Å²) in [5.41, 5.74) is -1.55. The lowest BCUT2D eigenvalue weighted by Gasteiger charge is -2.10. The number of carbonyl (C=O) groups is 2. The van der Waals surface area contributed by atoms with E-state index in [2.05, 4.69) is 20.0 Å². The molecule has 0 saturated heterocycles. The molecule has 0 radical (unpaired) electrons. The highest BCUT2D eigenvalue weighted by Crippen LogP contribution is 2.37. The number of nitrogens with zero attached hydrogens (tertiary/aromatic N) is 5. The zero-order chi connectivity index (χ0) is 43.9. The van der Waals surface area contributed by atoms with Gasteiger partial charge >= 0.3 is 38.4 Å². The van der Waals surface area contributed by atoms with Crippen LogP contribution in [0.5, 0.6) is 11.5 Å². The van der Waals surface area contributed by atoms with E-state index in [4.69, 9.17) is 18.6 Å². The fourth-order valence-electron chi connectivity index (χ4n) is 5.31. The van der Waals surface area contributed by atoms with Gasteiger partial charge in [0, 0.05) is 29.7 Å². The number of benzene rings is 4. The van der Waals surface area contributed by atoms with Gasteiger partial charge in [0.05, 0.1) is 30.9 Å². The summed E-state index contributed by atoms with van der Waals surface area (Å²) >= 11 is 4.97. The molecule has 61 heavy (non-hydrogen) atoms. The van der Waals surface area contributed by atoms with E-state index in [-0.39, 0.29) is 28.2 Å². The van der Waals surface area contributed by atoms with Crippen molar-refractivity contribution in [1.29, 1.82) is 0 Å². The summed E-state index contributed by atoms with van der Waals surface area (Å²) in [5.74, 6) is -1.46. The second kappa shape index (κ2) is 17.0. The lowest BCUT2D eigenvalue weighted by atomic mass is 10.2. The normalized spacial score (nSPS) is 16.7. The van der Waals surface area contributed by atoms with E-state index < -0.39 is 71.5 Å². The Morgan fingerprint density at radius 2 is 1.21 bits per heavy atom. The molecule has 0 bridgehead atoms. The number of carboxylic acids is 2. The van der Waals surface area contributed by atoms with Gasteiger partial charge in [0.1, 0.15) is 36.5 Å². The first kappa shape index (κ1) is 43.4. The minimum Gasteiger partial charge on any atom is -0.480 e. The van der Waals surface area contributed by atoms with Gasteiger partial charge in [-0.3, -0.25) is 20.1 Å². The fraction of sp³-hybridized carbons (Fsp3) is 0.143. The summed E-state index contributed by atoms with van der Waals surface area (Å²) in [5, 5.41) is 31.4. The van der Waals surface area contributed by atoms with Crippen molar-refractivity contribution in [2.24, 2.45) is 9.98 Å². The van der Waals surface area contributed by atoms with E-state index >= 15 is 0 Å².